The molecular formula is C6H15Cl2N3O. The van der Waals surface area contributed by atoms with E-state index in [1.165, 1.54) is 0 Å². The highest BCUT2D eigenvalue weighted by Crippen LogP contribution is 2.05. The number of hydrogen-bond donors (Lipinski definition) is 3. The van der Waals surface area contributed by atoms with Crippen molar-refractivity contribution in [2.45, 2.75) is 25.3 Å². The molecule has 0 saturated carbocycles. The number of nitrogens with one attached hydrogen (secondary N) is 2. The van der Waals surface area contributed by atoms with Crippen molar-refractivity contribution < 1.29 is 4.79 Å². The summed E-state index contributed by atoms with van der Waals surface area (Å²) in [5.74, 6) is 4.87. The van der Waals surface area contributed by atoms with Crippen LogP contribution >= 0.6 is 24.8 Å². The number of carbonyl (C=O) groups is 1. The van der Waals surface area contributed by atoms with Crippen molar-refractivity contribution in [2.75, 3.05) is 6.54 Å². The fourth-order valence-electron chi connectivity index (χ4n) is 1.18. The van der Waals surface area contributed by atoms with Crippen LogP contribution in [-0.2, 0) is 4.79 Å². The second kappa shape index (κ2) is 7.61. The van der Waals surface area contributed by atoms with E-state index < -0.39 is 0 Å². The summed E-state index contributed by atoms with van der Waals surface area (Å²) in [5, 5.41) is 3.08. The van der Waals surface area contributed by atoms with Gasteiger partial charge in [-0.05, 0) is 19.4 Å². The van der Waals surface area contributed by atoms with Gasteiger partial charge in [-0.15, -0.1) is 24.8 Å². The predicted octanol–water partition coefficient (Wildman–Crippen LogP) is -0.0380. The van der Waals surface area contributed by atoms with Crippen LogP contribution in [0.1, 0.15) is 19.3 Å². The van der Waals surface area contributed by atoms with Crippen LogP contribution in [0.5, 0.6) is 0 Å². The largest absolute Gasteiger partial charge is 0.306 e. The summed E-state index contributed by atoms with van der Waals surface area (Å²) in [6.07, 6.45) is 3.18. The van der Waals surface area contributed by atoms with E-state index in [0.717, 1.165) is 25.8 Å². The summed E-state index contributed by atoms with van der Waals surface area (Å²) in [6.45, 7) is 0.929. The van der Waals surface area contributed by atoms with Crippen LogP contribution in [0.4, 0.5) is 0 Å². The second-order valence-electron chi connectivity index (χ2n) is 2.51. The topological polar surface area (TPSA) is 67.1 Å². The van der Waals surface area contributed by atoms with Gasteiger partial charge in [0, 0.05) is 0 Å². The lowest BCUT2D eigenvalue weighted by atomic mass is 10.1. The monoisotopic (exact) mass is 215 g/mol. The Morgan fingerprint density at radius 1 is 1.42 bits per heavy atom. The lowest BCUT2D eigenvalue weighted by Crippen LogP contribution is -2.48. The first kappa shape index (κ1) is 14.5. The maximum absolute atomic E-state index is 10.9. The first-order chi connectivity index (χ1) is 4.84. The summed E-state index contributed by atoms with van der Waals surface area (Å²) < 4.78 is 0. The molecule has 1 aliphatic rings. The molecule has 0 aromatic carbocycles. The summed E-state index contributed by atoms with van der Waals surface area (Å²) in [5.41, 5.74) is 2.13. The van der Waals surface area contributed by atoms with Crippen LogP contribution in [-0.4, -0.2) is 18.5 Å². The number of hydrazine groups is 1. The number of halogens is 2. The molecule has 1 atom stereocenters. The minimum absolute atomic E-state index is 0. The van der Waals surface area contributed by atoms with Crippen molar-refractivity contribution in [3.05, 3.63) is 0 Å². The molecule has 1 aliphatic heterocycles. The third-order valence-corrected chi connectivity index (χ3v) is 1.77. The van der Waals surface area contributed by atoms with Crippen molar-refractivity contribution >= 4 is 30.7 Å². The molecule has 1 rings (SSSR count). The van der Waals surface area contributed by atoms with Gasteiger partial charge in [0.25, 0.3) is 5.91 Å². The molecule has 1 fully saturated rings. The van der Waals surface area contributed by atoms with E-state index in [1.807, 2.05) is 0 Å². The van der Waals surface area contributed by atoms with Gasteiger partial charge < -0.3 is 5.32 Å². The van der Waals surface area contributed by atoms with E-state index in [4.69, 9.17) is 5.84 Å². The molecule has 1 amide bonds. The van der Waals surface area contributed by atoms with Crippen molar-refractivity contribution in [1.82, 2.24) is 10.7 Å². The summed E-state index contributed by atoms with van der Waals surface area (Å²) in [4.78, 5) is 10.9. The molecule has 0 aromatic heterocycles. The minimum atomic E-state index is -0.0975. The Hall–Kier alpha value is -0.0300. The number of hydrogen-bond acceptors (Lipinski definition) is 3. The zero-order chi connectivity index (χ0) is 7.40. The van der Waals surface area contributed by atoms with Gasteiger partial charge in [0.2, 0.25) is 0 Å². The molecule has 1 heterocycles. The molecule has 4 nitrogen and oxygen atoms in total. The lowest BCUT2D eigenvalue weighted by Gasteiger charge is -2.21. The van der Waals surface area contributed by atoms with Gasteiger partial charge in [0.05, 0.1) is 6.04 Å². The maximum atomic E-state index is 10.9. The van der Waals surface area contributed by atoms with Gasteiger partial charge in [0.1, 0.15) is 0 Å². The van der Waals surface area contributed by atoms with Crippen molar-refractivity contribution in [1.29, 1.82) is 0 Å². The van der Waals surface area contributed by atoms with Crippen LogP contribution in [0.3, 0.4) is 0 Å². The number of rotatable bonds is 1. The van der Waals surface area contributed by atoms with E-state index in [0.29, 0.717) is 0 Å². The molecule has 0 spiro atoms. The fourth-order valence-corrected chi connectivity index (χ4v) is 1.18. The lowest BCUT2D eigenvalue weighted by molar-refractivity contribution is -0.123. The molecule has 4 N–H and O–H groups in total. The Balaban J connectivity index is 0. The zero-order valence-corrected chi connectivity index (χ0v) is 8.34. The first-order valence-corrected chi connectivity index (χ1v) is 3.58. The number of amides is 1. The number of carbonyl (C=O) groups excluding carboxylic acids is 1. The highest BCUT2D eigenvalue weighted by atomic mass is 35.5. The van der Waals surface area contributed by atoms with Gasteiger partial charge in [-0.3, -0.25) is 10.2 Å². The van der Waals surface area contributed by atoms with E-state index in [1.54, 1.807) is 0 Å². The highest BCUT2D eigenvalue weighted by Gasteiger charge is 2.18. The number of nitrogens with two attached hydrogens (primary N) is 1. The minimum Gasteiger partial charge on any atom is -0.306 e. The van der Waals surface area contributed by atoms with Crippen molar-refractivity contribution in [3.63, 3.8) is 0 Å². The Morgan fingerprint density at radius 2 is 2.08 bits per heavy atom. The predicted molar refractivity (Wildman–Crippen MR) is 52.5 cm³/mol. The molecule has 12 heavy (non-hydrogen) atoms. The first-order valence-electron chi connectivity index (χ1n) is 3.58. The van der Waals surface area contributed by atoms with E-state index in [2.05, 4.69) is 10.7 Å². The maximum Gasteiger partial charge on any atom is 0.250 e. The Labute approximate surface area is 84.4 Å². The quantitative estimate of drug-likeness (QED) is 0.327. The molecule has 6 heteroatoms. The Morgan fingerprint density at radius 3 is 2.50 bits per heavy atom. The summed E-state index contributed by atoms with van der Waals surface area (Å²) in [6, 6.07) is -0.0567. The molecule has 74 valence electrons. The van der Waals surface area contributed by atoms with Crippen LogP contribution in [0.2, 0.25) is 0 Å². The van der Waals surface area contributed by atoms with Crippen LogP contribution < -0.4 is 16.6 Å². The van der Waals surface area contributed by atoms with Crippen molar-refractivity contribution in [3.8, 4) is 0 Å². The fraction of sp³-hybridized carbons (Fsp3) is 0.833. The second-order valence-corrected chi connectivity index (χ2v) is 2.51. The van der Waals surface area contributed by atoms with Gasteiger partial charge >= 0.3 is 0 Å². The summed E-state index contributed by atoms with van der Waals surface area (Å²) in [7, 11) is 0. The third-order valence-electron chi connectivity index (χ3n) is 1.77. The molecule has 1 unspecified atom stereocenters. The zero-order valence-electron chi connectivity index (χ0n) is 6.71. The molecule has 0 bridgehead atoms. The molecule has 0 aromatic rings. The van der Waals surface area contributed by atoms with Gasteiger partial charge in [0.15, 0.2) is 0 Å². The average molecular weight is 216 g/mol. The van der Waals surface area contributed by atoms with Crippen LogP contribution in [0.25, 0.3) is 0 Å². The normalized spacial score (nSPS) is 21.6. The molecule has 0 radical (unpaired) electrons. The van der Waals surface area contributed by atoms with Crippen molar-refractivity contribution in [2.24, 2.45) is 5.84 Å². The Kier molecular flexibility index (Phi) is 9.19. The third kappa shape index (κ3) is 4.11. The molecule has 0 aliphatic carbocycles. The summed E-state index contributed by atoms with van der Waals surface area (Å²) >= 11 is 0. The highest BCUT2D eigenvalue weighted by molar-refractivity contribution is 5.85. The van der Waals surface area contributed by atoms with Crippen LogP contribution in [0.15, 0.2) is 0 Å². The standard InChI is InChI=1S/C6H13N3O.2ClH/c7-9-6(10)5-3-1-2-4-8-5;;/h5,8H,1-4,7H2,(H,9,10);2*1H. The molecule has 1 saturated heterocycles. The van der Waals surface area contributed by atoms with E-state index in [9.17, 15) is 4.79 Å². The van der Waals surface area contributed by atoms with Crippen LogP contribution in [0, 0.1) is 0 Å². The van der Waals surface area contributed by atoms with E-state index >= 15 is 0 Å². The average Bonchev–Trinajstić information content (AvgIpc) is 2.05. The number of piperidine rings is 1. The smallest absolute Gasteiger partial charge is 0.250 e. The SMILES string of the molecule is Cl.Cl.NNC(=O)C1CCCCN1. The van der Waals surface area contributed by atoms with Gasteiger partial charge in [-0.2, -0.15) is 0 Å². The molecular weight excluding hydrogens is 201 g/mol. The van der Waals surface area contributed by atoms with E-state index in [-0.39, 0.29) is 36.8 Å². The van der Waals surface area contributed by atoms with Gasteiger partial charge in [-0.1, -0.05) is 6.42 Å². The Bertz CT molecular complexity index is 128. The van der Waals surface area contributed by atoms with Gasteiger partial charge in [-0.25, -0.2) is 5.84 Å².